The highest BCUT2D eigenvalue weighted by molar-refractivity contribution is 7.92. The van der Waals surface area contributed by atoms with Gasteiger partial charge in [0.25, 0.3) is 0 Å². The number of likely N-dealkylation sites (tertiary alicyclic amines) is 1. The SMILES string of the molecule is C=CS(=O)(=O)N[C@@H]1CCCN(C(=O)Nc2ccc(OC(F)(F)F)c(F)c2)C1. The Hall–Kier alpha value is -2.34. The Morgan fingerprint density at radius 2 is 2.07 bits per heavy atom. The number of sulfonamides is 1. The fourth-order valence-corrected chi connectivity index (χ4v) is 3.28. The molecule has 1 aliphatic rings. The van der Waals surface area contributed by atoms with Crippen LogP contribution in [0.1, 0.15) is 12.8 Å². The molecule has 1 aromatic rings. The number of nitrogens with zero attached hydrogens (tertiary/aromatic N) is 1. The molecular formula is C15H17F4N3O4S. The molecule has 150 valence electrons. The summed E-state index contributed by atoms with van der Waals surface area (Å²) >= 11 is 0. The number of ether oxygens (including phenoxy) is 1. The lowest BCUT2D eigenvalue weighted by molar-refractivity contribution is -0.275. The van der Waals surface area contributed by atoms with E-state index in [1.54, 1.807) is 0 Å². The van der Waals surface area contributed by atoms with Crippen LogP contribution in [-0.4, -0.2) is 44.8 Å². The van der Waals surface area contributed by atoms with Crippen LogP contribution < -0.4 is 14.8 Å². The van der Waals surface area contributed by atoms with E-state index in [-0.39, 0.29) is 12.2 Å². The Labute approximate surface area is 153 Å². The van der Waals surface area contributed by atoms with Crippen LogP contribution >= 0.6 is 0 Å². The van der Waals surface area contributed by atoms with Crippen LogP contribution in [0.3, 0.4) is 0 Å². The maximum Gasteiger partial charge on any atom is 0.573 e. The van der Waals surface area contributed by atoms with Crippen LogP contribution in [-0.2, 0) is 10.0 Å². The van der Waals surface area contributed by atoms with Crippen molar-refractivity contribution in [3.63, 3.8) is 0 Å². The van der Waals surface area contributed by atoms with Crippen molar-refractivity contribution in [2.75, 3.05) is 18.4 Å². The highest BCUT2D eigenvalue weighted by Crippen LogP contribution is 2.27. The summed E-state index contributed by atoms with van der Waals surface area (Å²) in [6.07, 6.45) is -3.98. The van der Waals surface area contributed by atoms with E-state index in [0.29, 0.717) is 25.5 Å². The number of hydrogen-bond donors (Lipinski definition) is 2. The smallest absolute Gasteiger partial charge is 0.403 e. The average molecular weight is 411 g/mol. The van der Waals surface area contributed by atoms with Gasteiger partial charge in [-0.05, 0) is 25.0 Å². The fourth-order valence-electron chi connectivity index (χ4n) is 2.53. The minimum Gasteiger partial charge on any atom is -0.403 e. The Morgan fingerprint density at radius 3 is 2.67 bits per heavy atom. The van der Waals surface area contributed by atoms with Crippen molar-refractivity contribution in [3.8, 4) is 5.75 Å². The number of carbonyl (C=O) groups is 1. The molecule has 1 heterocycles. The molecule has 1 atom stereocenters. The lowest BCUT2D eigenvalue weighted by Gasteiger charge is -2.32. The van der Waals surface area contributed by atoms with Gasteiger partial charge in [0.15, 0.2) is 11.6 Å². The number of carbonyl (C=O) groups excluding carboxylic acids is 1. The van der Waals surface area contributed by atoms with E-state index in [4.69, 9.17) is 0 Å². The quantitative estimate of drug-likeness (QED) is 0.730. The van der Waals surface area contributed by atoms with Crippen molar-refractivity contribution < 1.29 is 35.5 Å². The maximum absolute atomic E-state index is 13.7. The average Bonchev–Trinajstić information content (AvgIpc) is 2.56. The van der Waals surface area contributed by atoms with Gasteiger partial charge in [0.05, 0.1) is 0 Å². The molecule has 1 aromatic carbocycles. The van der Waals surface area contributed by atoms with Gasteiger partial charge in [0.1, 0.15) is 0 Å². The minimum absolute atomic E-state index is 0.0687. The number of hydrogen-bond acceptors (Lipinski definition) is 4. The fraction of sp³-hybridized carbons (Fsp3) is 0.400. The summed E-state index contributed by atoms with van der Waals surface area (Å²) in [5.41, 5.74) is -0.0687. The number of anilines is 1. The zero-order chi connectivity index (χ0) is 20.2. The predicted molar refractivity (Wildman–Crippen MR) is 88.9 cm³/mol. The second kappa shape index (κ2) is 8.13. The molecular weight excluding hydrogens is 394 g/mol. The summed E-state index contributed by atoms with van der Waals surface area (Å²) in [7, 11) is -3.65. The molecule has 12 heteroatoms. The molecule has 0 spiro atoms. The maximum atomic E-state index is 13.7. The molecule has 2 N–H and O–H groups in total. The molecule has 7 nitrogen and oxygen atoms in total. The third kappa shape index (κ3) is 6.40. The number of piperidine rings is 1. The zero-order valence-electron chi connectivity index (χ0n) is 13.9. The summed E-state index contributed by atoms with van der Waals surface area (Å²) in [6, 6.07) is 1.36. The van der Waals surface area contributed by atoms with Crippen LogP contribution in [0.4, 0.5) is 28.0 Å². The molecule has 2 rings (SSSR count). The van der Waals surface area contributed by atoms with Crippen molar-refractivity contribution in [2.45, 2.75) is 25.2 Å². The first kappa shape index (κ1) is 21.0. The highest BCUT2D eigenvalue weighted by atomic mass is 32.2. The third-order valence-corrected chi connectivity index (χ3v) is 4.77. The van der Waals surface area contributed by atoms with E-state index in [1.165, 1.54) is 4.90 Å². The van der Waals surface area contributed by atoms with E-state index in [9.17, 15) is 30.8 Å². The summed E-state index contributed by atoms with van der Waals surface area (Å²) in [4.78, 5) is 13.6. The largest absolute Gasteiger partial charge is 0.573 e. The first-order valence-electron chi connectivity index (χ1n) is 7.75. The molecule has 0 bridgehead atoms. The van der Waals surface area contributed by atoms with E-state index in [2.05, 4.69) is 21.4 Å². The molecule has 0 aliphatic carbocycles. The second-order valence-electron chi connectivity index (χ2n) is 5.74. The van der Waals surface area contributed by atoms with Gasteiger partial charge in [0.2, 0.25) is 10.0 Å². The lowest BCUT2D eigenvalue weighted by atomic mass is 10.1. The summed E-state index contributed by atoms with van der Waals surface area (Å²) in [6.45, 7) is 3.61. The second-order valence-corrected chi connectivity index (χ2v) is 7.40. The number of halogens is 4. The van der Waals surface area contributed by atoms with E-state index in [0.717, 1.165) is 17.5 Å². The van der Waals surface area contributed by atoms with Crippen LogP contribution in [0.15, 0.2) is 30.2 Å². The van der Waals surface area contributed by atoms with E-state index < -0.39 is 40.0 Å². The zero-order valence-corrected chi connectivity index (χ0v) is 14.7. The van der Waals surface area contributed by atoms with Crippen molar-refractivity contribution in [3.05, 3.63) is 36.0 Å². The van der Waals surface area contributed by atoms with Crippen LogP contribution in [0.2, 0.25) is 0 Å². The number of nitrogens with one attached hydrogen (secondary N) is 2. The molecule has 0 unspecified atom stereocenters. The van der Waals surface area contributed by atoms with Gasteiger partial charge in [-0.3, -0.25) is 0 Å². The summed E-state index contributed by atoms with van der Waals surface area (Å²) in [5.74, 6) is -2.31. The number of rotatable bonds is 5. The molecule has 1 fully saturated rings. The lowest BCUT2D eigenvalue weighted by Crippen LogP contribution is -2.50. The van der Waals surface area contributed by atoms with Gasteiger partial charge in [-0.15, -0.1) is 13.2 Å². The van der Waals surface area contributed by atoms with Crippen LogP contribution in [0.25, 0.3) is 0 Å². The predicted octanol–water partition coefficient (Wildman–Crippen LogP) is 2.78. The molecule has 0 saturated carbocycles. The van der Waals surface area contributed by atoms with E-state index in [1.807, 2.05) is 0 Å². The van der Waals surface area contributed by atoms with E-state index >= 15 is 0 Å². The van der Waals surface area contributed by atoms with Crippen molar-refractivity contribution in [2.24, 2.45) is 0 Å². The van der Waals surface area contributed by atoms with Crippen molar-refractivity contribution in [1.29, 1.82) is 0 Å². The molecule has 1 saturated heterocycles. The topological polar surface area (TPSA) is 87.7 Å². The number of amides is 2. The van der Waals surface area contributed by atoms with Crippen molar-refractivity contribution in [1.82, 2.24) is 9.62 Å². The summed E-state index contributed by atoms with van der Waals surface area (Å²) in [5, 5.41) is 3.12. The van der Waals surface area contributed by atoms with Gasteiger partial charge < -0.3 is 15.0 Å². The Balaban J connectivity index is 2.00. The van der Waals surface area contributed by atoms with Gasteiger partial charge in [-0.25, -0.2) is 22.3 Å². The minimum atomic E-state index is -5.03. The Bertz CT molecular complexity index is 814. The van der Waals surface area contributed by atoms with Gasteiger partial charge in [0, 0.05) is 36.3 Å². The molecule has 27 heavy (non-hydrogen) atoms. The summed E-state index contributed by atoms with van der Waals surface area (Å²) < 4.78 is 79.0. The van der Waals surface area contributed by atoms with Crippen molar-refractivity contribution >= 4 is 21.7 Å². The normalized spacial score (nSPS) is 18.1. The molecule has 0 radical (unpaired) electrons. The molecule has 0 aromatic heterocycles. The Kier molecular flexibility index (Phi) is 6.31. The van der Waals surface area contributed by atoms with Gasteiger partial charge in [-0.2, -0.15) is 0 Å². The Morgan fingerprint density at radius 1 is 1.37 bits per heavy atom. The van der Waals surface area contributed by atoms with Gasteiger partial charge in [-0.1, -0.05) is 6.58 Å². The number of benzene rings is 1. The monoisotopic (exact) mass is 411 g/mol. The molecule has 2 amide bonds. The number of urea groups is 1. The molecule has 1 aliphatic heterocycles. The third-order valence-electron chi connectivity index (χ3n) is 3.67. The van der Waals surface area contributed by atoms with Crippen LogP contribution in [0.5, 0.6) is 5.75 Å². The standard InChI is InChI=1S/C15H17F4N3O4S/c1-2-27(24,25)21-11-4-3-7-22(9-11)14(23)20-10-5-6-13(12(16)8-10)26-15(17,18)19/h2,5-6,8,11,21H,1,3-4,7,9H2,(H,20,23)/t11-/m1/s1. The number of alkyl halides is 3. The highest BCUT2D eigenvalue weighted by Gasteiger charge is 2.32. The van der Waals surface area contributed by atoms with Crippen LogP contribution in [0, 0.1) is 5.82 Å². The first-order valence-corrected chi connectivity index (χ1v) is 9.30. The van der Waals surface area contributed by atoms with Gasteiger partial charge >= 0.3 is 12.4 Å². The first-order chi connectivity index (χ1) is 12.5.